The number of carboxylic acids is 1. The van der Waals surface area contributed by atoms with Crippen molar-refractivity contribution in [3.05, 3.63) is 14.9 Å². The average Bonchev–Trinajstić information content (AvgIpc) is 2.46. The van der Waals surface area contributed by atoms with E-state index >= 15 is 0 Å². The summed E-state index contributed by atoms with van der Waals surface area (Å²) < 4.78 is 26.3. The van der Waals surface area contributed by atoms with Gasteiger partial charge in [-0.15, -0.1) is 11.3 Å². The maximum atomic E-state index is 11.6. The van der Waals surface area contributed by atoms with Crippen molar-refractivity contribution >= 4 is 54.9 Å². The van der Waals surface area contributed by atoms with E-state index in [2.05, 4.69) is 20.7 Å². The van der Waals surface area contributed by atoms with Crippen molar-refractivity contribution in [3.8, 4) is 0 Å². The molecule has 0 unspecified atom stereocenters. The van der Waals surface area contributed by atoms with Crippen molar-refractivity contribution in [2.75, 3.05) is 6.54 Å². The van der Waals surface area contributed by atoms with Crippen LogP contribution in [0.25, 0.3) is 0 Å². The van der Waals surface area contributed by atoms with Crippen LogP contribution < -0.4 is 4.72 Å². The molecule has 0 aliphatic rings. The third-order valence-corrected chi connectivity index (χ3v) is 5.93. The van der Waals surface area contributed by atoms with Gasteiger partial charge in [-0.3, -0.25) is 4.79 Å². The van der Waals surface area contributed by atoms with E-state index in [1.165, 1.54) is 6.07 Å². The van der Waals surface area contributed by atoms with E-state index in [0.717, 1.165) is 11.3 Å². The van der Waals surface area contributed by atoms with Crippen molar-refractivity contribution in [2.45, 2.75) is 10.6 Å². The zero-order valence-corrected chi connectivity index (χ0v) is 11.7. The van der Waals surface area contributed by atoms with Gasteiger partial charge in [-0.1, -0.05) is 11.6 Å². The van der Waals surface area contributed by atoms with E-state index < -0.39 is 16.0 Å². The van der Waals surface area contributed by atoms with Crippen LogP contribution in [0.15, 0.2) is 14.7 Å². The van der Waals surface area contributed by atoms with Crippen LogP contribution >= 0.6 is 38.9 Å². The number of thiophene rings is 1. The van der Waals surface area contributed by atoms with Crippen LogP contribution in [0.1, 0.15) is 6.42 Å². The second-order valence-electron chi connectivity index (χ2n) is 2.73. The number of sulfonamides is 1. The third kappa shape index (κ3) is 3.70. The summed E-state index contributed by atoms with van der Waals surface area (Å²) in [5.41, 5.74) is 0. The molecule has 5 nitrogen and oxygen atoms in total. The number of hydrogen-bond acceptors (Lipinski definition) is 4. The molecule has 90 valence electrons. The van der Waals surface area contributed by atoms with Gasteiger partial charge in [0.1, 0.15) is 8.55 Å². The van der Waals surface area contributed by atoms with Crippen LogP contribution in [0, 0.1) is 0 Å². The van der Waals surface area contributed by atoms with Gasteiger partial charge >= 0.3 is 5.97 Å². The second-order valence-corrected chi connectivity index (χ2v) is 7.23. The zero-order valence-electron chi connectivity index (χ0n) is 7.74. The molecule has 1 rings (SSSR count). The van der Waals surface area contributed by atoms with Gasteiger partial charge in [0.05, 0.1) is 6.42 Å². The minimum Gasteiger partial charge on any atom is -0.481 e. The molecule has 9 heteroatoms. The summed E-state index contributed by atoms with van der Waals surface area (Å²) in [5, 5.41) is 8.37. The molecule has 1 aromatic heterocycles. The molecule has 0 aromatic carbocycles. The second kappa shape index (κ2) is 5.46. The number of rotatable bonds is 5. The van der Waals surface area contributed by atoms with Crippen LogP contribution in [-0.2, 0) is 14.8 Å². The Kier molecular flexibility index (Phi) is 4.74. The molecular formula is C7H7BrClNO4S2. The largest absolute Gasteiger partial charge is 0.481 e. The SMILES string of the molecule is O=C(O)CCNS(=O)(=O)c1cc(Br)c(Cl)s1. The van der Waals surface area contributed by atoms with Crippen molar-refractivity contribution in [3.63, 3.8) is 0 Å². The quantitative estimate of drug-likeness (QED) is 0.851. The molecule has 16 heavy (non-hydrogen) atoms. The Morgan fingerprint density at radius 2 is 2.25 bits per heavy atom. The highest BCUT2D eigenvalue weighted by Gasteiger charge is 2.18. The van der Waals surface area contributed by atoms with E-state index in [0.29, 0.717) is 8.81 Å². The van der Waals surface area contributed by atoms with Crippen molar-refractivity contribution in [1.29, 1.82) is 0 Å². The highest BCUT2D eigenvalue weighted by atomic mass is 79.9. The van der Waals surface area contributed by atoms with Crippen LogP contribution in [0.5, 0.6) is 0 Å². The Labute approximate surface area is 110 Å². The van der Waals surface area contributed by atoms with Gasteiger partial charge in [0.15, 0.2) is 0 Å². The predicted molar refractivity (Wildman–Crippen MR) is 64.5 cm³/mol. The summed E-state index contributed by atoms with van der Waals surface area (Å²) in [4.78, 5) is 10.2. The first-order chi connectivity index (χ1) is 7.33. The Balaban J connectivity index is 2.74. The van der Waals surface area contributed by atoms with Gasteiger partial charge in [0, 0.05) is 11.0 Å². The highest BCUT2D eigenvalue weighted by molar-refractivity contribution is 9.10. The zero-order chi connectivity index (χ0) is 12.3. The Hall–Kier alpha value is -0.150. The van der Waals surface area contributed by atoms with E-state index in [4.69, 9.17) is 16.7 Å². The number of carbonyl (C=O) groups is 1. The fourth-order valence-corrected chi connectivity index (χ4v) is 4.20. The molecule has 0 fully saturated rings. The van der Waals surface area contributed by atoms with Gasteiger partial charge in [-0.05, 0) is 22.0 Å². The number of halogens is 2. The minimum atomic E-state index is -3.67. The monoisotopic (exact) mass is 347 g/mol. The lowest BCUT2D eigenvalue weighted by atomic mass is 10.5. The lowest BCUT2D eigenvalue weighted by Crippen LogP contribution is -2.25. The number of hydrogen-bond donors (Lipinski definition) is 2. The molecule has 0 saturated heterocycles. The summed E-state index contributed by atoms with van der Waals surface area (Å²) in [6.45, 7) is -0.148. The molecule has 0 bridgehead atoms. The fraction of sp³-hybridized carbons (Fsp3) is 0.286. The number of aliphatic carboxylic acids is 1. The Morgan fingerprint density at radius 1 is 1.62 bits per heavy atom. The summed E-state index contributed by atoms with van der Waals surface area (Å²) in [6, 6.07) is 1.37. The molecule has 0 aliphatic heterocycles. The lowest BCUT2D eigenvalue weighted by Gasteiger charge is -2.01. The minimum absolute atomic E-state index is 0.0507. The maximum absolute atomic E-state index is 11.6. The number of carboxylic acid groups (broad SMARTS) is 1. The Bertz CT molecular complexity index is 479. The molecule has 0 atom stereocenters. The first-order valence-electron chi connectivity index (χ1n) is 3.99. The topological polar surface area (TPSA) is 83.5 Å². The summed E-state index contributed by atoms with van der Waals surface area (Å²) in [6.07, 6.45) is -0.264. The van der Waals surface area contributed by atoms with Gasteiger partial charge in [-0.25, -0.2) is 13.1 Å². The Morgan fingerprint density at radius 3 is 2.69 bits per heavy atom. The van der Waals surface area contributed by atoms with E-state index in [-0.39, 0.29) is 17.2 Å². The number of nitrogens with one attached hydrogen (secondary N) is 1. The van der Waals surface area contributed by atoms with Crippen LogP contribution in [0.2, 0.25) is 4.34 Å². The van der Waals surface area contributed by atoms with Crippen molar-refractivity contribution in [1.82, 2.24) is 4.72 Å². The first kappa shape index (κ1) is 13.9. The summed E-state index contributed by atoms with van der Waals surface area (Å²) in [5.74, 6) is -1.06. The molecule has 1 aromatic rings. The highest BCUT2D eigenvalue weighted by Crippen LogP contribution is 2.34. The van der Waals surface area contributed by atoms with Crippen molar-refractivity contribution in [2.24, 2.45) is 0 Å². The lowest BCUT2D eigenvalue weighted by molar-refractivity contribution is -0.136. The molecule has 2 N–H and O–H groups in total. The third-order valence-electron chi connectivity index (χ3n) is 1.52. The molecule has 0 radical (unpaired) electrons. The van der Waals surface area contributed by atoms with Gasteiger partial charge < -0.3 is 5.11 Å². The van der Waals surface area contributed by atoms with Gasteiger partial charge in [0.25, 0.3) is 0 Å². The normalized spacial score (nSPS) is 11.6. The average molecular weight is 349 g/mol. The fourth-order valence-electron chi connectivity index (χ4n) is 0.823. The molecule has 0 saturated carbocycles. The smallest absolute Gasteiger partial charge is 0.304 e. The van der Waals surface area contributed by atoms with Crippen LogP contribution in [-0.4, -0.2) is 26.0 Å². The summed E-state index contributed by atoms with van der Waals surface area (Å²) >= 11 is 9.70. The molecule has 1 heterocycles. The van der Waals surface area contributed by atoms with E-state index in [9.17, 15) is 13.2 Å². The maximum Gasteiger partial charge on any atom is 0.304 e. The molecule has 0 aliphatic carbocycles. The standard InChI is InChI=1S/C7H7BrClNO4S2/c8-4-3-6(15-7(4)9)16(13,14)10-2-1-5(11)12/h3,10H,1-2H2,(H,11,12). The molecule has 0 spiro atoms. The van der Waals surface area contributed by atoms with E-state index in [1.54, 1.807) is 0 Å². The van der Waals surface area contributed by atoms with Gasteiger partial charge in [-0.2, -0.15) is 0 Å². The summed E-state index contributed by atoms with van der Waals surface area (Å²) in [7, 11) is -3.67. The molecular weight excluding hydrogens is 342 g/mol. The van der Waals surface area contributed by atoms with Crippen LogP contribution in [0.3, 0.4) is 0 Å². The molecule has 0 amide bonds. The predicted octanol–water partition coefficient (Wildman–Crippen LogP) is 1.92. The van der Waals surface area contributed by atoms with E-state index in [1.807, 2.05) is 0 Å². The van der Waals surface area contributed by atoms with Crippen molar-refractivity contribution < 1.29 is 18.3 Å². The van der Waals surface area contributed by atoms with Gasteiger partial charge in [0.2, 0.25) is 10.0 Å². The van der Waals surface area contributed by atoms with Crippen LogP contribution in [0.4, 0.5) is 0 Å². The first-order valence-corrected chi connectivity index (χ1v) is 7.46.